The molecular formula is C26H45. The minimum absolute atomic E-state index is 1.12. The molecule has 0 spiro atoms. The normalized spacial score (nSPS) is 25.8. The molecule has 0 aliphatic heterocycles. The van der Waals surface area contributed by atoms with Crippen LogP contribution in [-0.2, 0) is 0 Å². The fraction of sp³-hybridized carbons (Fsp3) is 0.769. The molecule has 0 nitrogen and oxygen atoms in total. The van der Waals surface area contributed by atoms with Crippen LogP contribution in [0, 0.1) is 6.08 Å². The predicted molar refractivity (Wildman–Crippen MR) is 118 cm³/mol. The van der Waals surface area contributed by atoms with Crippen LogP contribution in [0.15, 0.2) is 30.4 Å². The van der Waals surface area contributed by atoms with E-state index in [1.165, 1.54) is 122 Å². The van der Waals surface area contributed by atoms with Gasteiger partial charge in [0.2, 0.25) is 0 Å². The summed E-state index contributed by atoms with van der Waals surface area (Å²) >= 11 is 0. The Bertz CT molecular complexity index is 313. The molecule has 0 atom stereocenters. The molecule has 0 N–H and O–H groups in total. The lowest BCUT2D eigenvalue weighted by molar-refractivity contribution is 0.524. The highest BCUT2D eigenvalue weighted by Crippen LogP contribution is 2.15. The summed E-state index contributed by atoms with van der Waals surface area (Å²) in [7, 11) is 0. The number of hydrogen-bond donors (Lipinski definition) is 0. The third-order valence-electron chi connectivity index (χ3n) is 5.51. The van der Waals surface area contributed by atoms with E-state index in [0.717, 1.165) is 6.42 Å². The second kappa shape index (κ2) is 20.5. The van der Waals surface area contributed by atoms with Gasteiger partial charge in [0.1, 0.15) is 0 Å². The van der Waals surface area contributed by atoms with Crippen LogP contribution < -0.4 is 0 Å². The molecule has 0 unspecified atom stereocenters. The lowest BCUT2D eigenvalue weighted by atomic mass is 10.0. The molecule has 149 valence electrons. The average molecular weight is 358 g/mol. The first kappa shape index (κ1) is 23.3. The molecule has 1 aliphatic rings. The number of rotatable bonds is 0. The molecule has 0 aromatic rings. The Morgan fingerprint density at radius 3 is 1.31 bits per heavy atom. The molecule has 0 heteroatoms. The summed E-state index contributed by atoms with van der Waals surface area (Å²) in [6.07, 6.45) is 42.5. The van der Waals surface area contributed by atoms with Crippen LogP contribution in [0.2, 0.25) is 0 Å². The summed E-state index contributed by atoms with van der Waals surface area (Å²) in [6.45, 7) is 0. The number of allylic oxidation sites excluding steroid dienone is 6. The summed E-state index contributed by atoms with van der Waals surface area (Å²) in [6, 6.07) is 0. The molecule has 0 aromatic carbocycles. The van der Waals surface area contributed by atoms with E-state index in [2.05, 4.69) is 36.5 Å². The molecule has 0 saturated carbocycles. The highest BCUT2D eigenvalue weighted by molar-refractivity contribution is 5.09. The van der Waals surface area contributed by atoms with E-state index >= 15 is 0 Å². The van der Waals surface area contributed by atoms with Crippen LogP contribution in [0.25, 0.3) is 0 Å². The standard InChI is InChI=1S/C26H45/c1-2-4-6-8-10-12-14-16-18-20-22-24-26-25-23-21-19-17-15-13-11-9-7-5-3-1/h1-5H,6,8-26H2/b3-1-,4-2-,7-5?. The highest BCUT2D eigenvalue weighted by atomic mass is 14.0. The zero-order valence-electron chi connectivity index (χ0n) is 17.5. The van der Waals surface area contributed by atoms with E-state index in [4.69, 9.17) is 0 Å². The Balaban J connectivity index is 2.13. The molecule has 0 fully saturated rings. The van der Waals surface area contributed by atoms with Crippen LogP contribution in [-0.4, -0.2) is 0 Å². The van der Waals surface area contributed by atoms with Gasteiger partial charge in [0.05, 0.1) is 0 Å². The first-order valence-electron chi connectivity index (χ1n) is 11.9. The molecule has 26 heavy (non-hydrogen) atoms. The lowest BCUT2D eigenvalue weighted by Gasteiger charge is -2.04. The third-order valence-corrected chi connectivity index (χ3v) is 5.51. The van der Waals surface area contributed by atoms with Crippen LogP contribution in [0.1, 0.15) is 128 Å². The predicted octanol–water partition coefficient (Wildman–Crippen LogP) is 9.27. The van der Waals surface area contributed by atoms with Crippen molar-refractivity contribution in [2.75, 3.05) is 0 Å². The van der Waals surface area contributed by atoms with Gasteiger partial charge in [-0.05, 0) is 31.8 Å². The van der Waals surface area contributed by atoms with E-state index in [1.54, 1.807) is 0 Å². The van der Waals surface area contributed by atoms with Crippen molar-refractivity contribution in [3.63, 3.8) is 0 Å². The van der Waals surface area contributed by atoms with E-state index in [9.17, 15) is 0 Å². The molecule has 1 radical (unpaired) electrons. The van der Waals surface area contributed by atoms with Crippen molar-refractivity contribution in [1.29, 1.82) is 0 Å². The lowest BCUT2D eigenvalue weighted by Crippen LogP contribution is -1.84. The molecule has 0 heterocycles. The second-order valence-electron chi connectivity index (χ2n) is 8.09. The maximum Gasteiger partial charge on any atom is -0.0276 e. The van der Waals surface area contributed by atoms with Crippen LogP contribution >= 0.6 is 0 Å². The Morgan fingerprint density at radius 1 is 0.385 bits per heavy atom. The fourth-order valence-corrected chi connectivity index (χ4v) is 3.76. The molecular weight excluding hydrogens is 312 g/mol. The van der Waals surface area contributed by atoms with E-state index < -0.39 is 0 Å². The topological polar surface area (TPSA) is 0 Å². The van der Waals surface area contributed by atoms with Gasteiger partial charge in [0, 0.05) is 0 Å². The van der Waals surface area contributed by atoms with Crippen molar-refractivity contribution >= 4 is 0 Å². The molecule has 0 saturated heterocycles. The van der Waals surface area contributed by atoms with Crippen molar-refractivity contribution in [3.8, 4) is 0 Å². The smallest absolute Gasteiger partial charge is 0.0276 e. The summed E-state index contributed by atoms with van der Waals surface area (Å²) in [5, 5.41) is 0. The van der Waals surface area contributed by atoms with Gasteiger partial charge in [-0.1, -0.05) is 133 Å². The Hall–Kier alpha value is -0.780. The van der Waals surface area contributed by atoms with Crippen LogP contribution in [0.5, 0.6) is 0 Å². The van der Waals surface area contributed by atoms with Crippen molar-refractivity contribution in [2.45, 2.75) is 128 Å². The Kier molecular flexibility index (Phi) is 18.4. The SMILES string of the molecule is [C]1=C/C=C\C=C/CCCCCCCCCCCCCCCCCCCC\1. The van der Waals surface area contributed by atoms with E-state index in [0.29, 0.717) is 0 Å². The van der Waals surface area contributed by atoms with Gasteiger partial charge in [-0.3, -0.25) is 0 Å². The first-order valence-corrected chi connectivity index (χ1v) is 11.9. The maximum absolute atomic E-state index is 3.40. The fourth-order valence-electron chi connectivity index (χ4n) is 3.76. The molecule has 0 amide bonds. The van der Waals surface area contributed by atoms with Crippen molar-refractivity contribution in [2.24, 2.45) is 0 Å². The van der Waals surface area contributed by atoms with Gasteiger partial charge >= 0.3 is 0 Å². The summed E-state index contributed by atoms with van der Waals surface area (Å²) < 4.78 is 0. The monoisotopic (exact) mass is 357 g/mol. The van der Waals surface area contributed by atoms with Crippen LogP contribution in [0.4, 0.5) is 0 Å². The first-order chi connectivity index (χ1) is 13.0. The Morgan fingerprint density at radius 2 is 0.808 bits per heavy atom. The van der Waals surface area contributed by atoms with Gasteiger partial charge in [0.25, 0.3) is 0 Å². The van der Waals surface area contributed by atoms with Crippen LogP contribution in [0.3, 0.4) is 0 Å². The van der Waals surface area contributed by atoms with Crippen molar-refractivity contribution < 1.29 is 0 Å². The summed E-state index contributed by atoms with van der Waals surface area (Å²) in [5.41, 5.74) is 0. The Labute approximate surface area is 165 Å². The molecule has 1 aliphatic carbocycles. The quantitative estimate of drug-likeness (QED) is 0.405. The van der Waals surface area contributed by atoms with Gasteiger partial charge in [-0.2, -0.15) is 0 Å². The maximum atomic E-state index is 3.40. The molecule has 0 aromatic heterocycles. The minimum Gasteiger partial charge on any atom is -0.0845 e. The van der Waals surface area contributed by atoms with E-state index in [1.807, 2.05) is 0 Å². The largest absolute Gasteiger partial charge is 0.0845 e. The van der Waals surface area contributed by atoms with Gasteiger partial charge in [-0.25, -0.2) is 0 Å². The van der Waals surface area contributed by atoms with Gasteiger partial charge in [0.15, 0.2) is 0 Å². The minimum atomic E-state index is 1.12. The zero-order valence-corrected chi connectivity index (χ0v) is 17.5. The third kappa shape index (κ3) is 18.0. The molecule has 1 rings (SSSR count). The summed E-state index contributed by atoms with van der Waals surface area (Å²) in [5.74, 6) is 0. The van der Waals surface area contributed by atoms with Crippen molar-refractivity contribution in [1.82, 2.24) is 0 Å². The highest BCUT2D eigenvalue weighted by Gasteiger charge is 1.95. The van der Waals surface area contributed by atoms with Gasteiger partial charge < -0.3 is 0 Å². The molecule has 0 bridgehead atoms. The number of hydrogen-bond acceptors (Lipinski definition) is 0. The second-order valence-corrected chi connectivity index (χ2v) is 8.09. The van der Waals surface area contributed by atoms with Crippen molar-refractivity contribution in [3.05, 3.63) is 36.5 Å². The summed E-state index contributed by atoms with van der Waals surface area (Å²) in [4.78, 5) is 0. The zero-order chi connectivity index (χ0) is 18.4. The van der Waals surface area contributed by atoms with Gasteiger partial charge in [-0.15, -0.1) is 0 Å². The average Bonchev–Trinajstić information content (AvgIpc) is 2.65. The van der Waals surface area contributed by atoms with E-state index in [-0.39, 0.29) is 0 Å².